The van der Waals surface area contributed by atoms with Crippen molar-refractivity contribution < 1.29 is 4.79 Å². The molecule has 1 aliphatic heterocycles. The molecule has 1 amide bonds. The minimum Gasteiger partial charge on any atom is -0.353 e. The van der Waals surface area contributed by atoms with Crippen molar-refractivity contribution in [2.75, 3.05) is 18.4 Å². The van der Waals surface area contributed by atoms with Crippen LogP contribution in [-0.2, 0) is 0 Å². The largest absolute Gasteiger partial charge is 0.353 e. The molecule has 1 N–H and O–H groups in total. The van der Waals surface area contributed by atoms with E-state index in [-0.39, 0.29) is 5.91 Å². The Morgan fingerprint density at radius 3 is 2.58 bits per heavy atom. The third-order valence-electron chi connectivity index (χ3n) is 4.11. The molecule has 3 rings (SSSR count). The summed E-state index contributed by atoms with van der Waals surface area (Å²) in [5.74, 6) is 0.0326. The van der Waals surface area contributed by atoms with Gasteiger partial charge in [0, 0.05) is 19.3 Å². The Morgan fingerprint density at radius 2 is 1.83 bits per heavy atom. The minimum absolute atomic E-state index is 0.0326. The molecule has 0 unspecified atom stereocenters. The number of aromatic nitrogens is 1. The minimum atomic E-state index is 0.0326. The van der Waals surface area contributed by atoms with Crippen LogP contribution in [-0.4, -0.2) is 28.9 Å². The van der Waals surface area contributed by atoms with Crippen LogP contribution in [0, 0.1) is 0 Å². The summed E-state index contributed by atoms with van der Waals surface area (Å²) < 4.78 is 0. The molecule has 1 aromatic heterocycles. The Balaban J connectivity index is 1.78. The molecule has 0 atom stereocenters. The maximum Gasteiger partial charge on any atom is 0.255 e. The van der Waals surface area contributed by atoms with E-state index in [1.807, 2.05) is 17.0 Å². The van der Waals surface area contributed by atoms with Gasteiger partial charge in [0.1, 0.15) is 0 Å². The van der Waals surface area contributed by atoms with Gasteiger partial charge in [-0.3, -0.25) is 9.78 Å². The molecule has 0 bridgehead atoms. The summed E-state index contributed by atoms with van der Waals surface area (Å²) in [5, 5.41) is 4.10. The molecule has 6 heteroatoms. The molecule has 126 valence electrons. The lowest BCUT2D eigenvalue weighted by Gasteiger charge is -2.20. The lowest BCUT2D eigenvalue weighted by molar-refractivity contribution is 0.0761. The first kappa shape index (κ1) is 17.1. The summed E-state index contributed by atoms with van der Waals surface area (Å²) in [5.41, 5.74) is 1.98. The van der Waals surface area contributed by atoms with Gasteiger partial charge in [-0.1, -0.05) is 42.1 Å². The van der Waals surface area contributed by atoms with Crippen LogP contribution in [0.3, 0.4) is 0 Å². The molecule has 0 spiro atoms. The predicted octanol–water partition coefficient (Wildman–Crippen LogP) is 5.15. The zero-order valence-corrected chi connectivity index (χ0v) is 14.8. The van der Waals surface area contributed by atoms with Crippen molar-refractivity contribution in [1.82, 2.24) is 9.88 Å². The van der Waals surface area contributed by atoms with Crippen LogP contribution in [0.25, 0.3) is 0 Å². The predicted molar refractivity (Wildman–Crippen MR) is 98.4 cm³/mol. The van der Waals surface area contributed by atoms with E-state index in [2.05, 4.69) is 10.3 Å². The highest BCUT2D eigenvalue weighted by Gasteiger charge is 2.18. The van der Waals surface area contributed by atoms with Gasteiger partial charge < -0.3 is 10.2 Å². The van der Waals surface area contributed by atoms with Crippen LogP contribution >= 0.6 is 23.2 Å². The normalized spacial score (nSPS) is 15.0. The Morgan fingerprint density at radius 1 is 1.08 bits per heavy atom. The van der Waals surface area contributed by atoms with E-state index >= 15 is 0 Å². The first-order valence-electron chi connectivity index (χ1n) is 8.10. The van der Waals surface area contributed by atoms with Crippen molar-refractivity contribution in [2.24, 2.45) is 0 Å². The van der Waals surface area contributed by atoms with Gasteiger partial charge in [0.05, 0.1) is 33.2 Å². The molecule has 4 nitrogen and oxygen atoms in total. The molecular weight excluding hydrogens is 345 g/mol. The highest BCUT2D eigenvalue weighted by atomic mass is 35.5. The first-order chi connectivity index (χ1) is 11.6. The number of pyridine rings is 1. The molecule has 1 saturated heterocycles. The van der Waals surface area contributed by atoms with Gasteiger partial charge in [0.2, 0.25) is 0 Å². The molecule has 0 aliphatic carbocycles. The number of hydrogen-bond acceptors (Lipinski definition) is 3. The van der Waals surface area contributed by atoms with E-state index in [4.69, 9.17) is 23.2 Å². The molecule has 1 aliphatic rings. The lowest BCUT2D eigenvalue weighted by atomic mass is 10.2. The van der Waals surface area contributed by atoms with E-state index in [1.54, 1.807) is 24.5 Å². The fourth-order valence-corrected chi connectivity index (χ4v) is 3.19. The summed E-state index contributed by atoms with van der Waals surface area (Å²) in [6, 6.07) is 7.18. The van der Waals surface area contributed by atoms with Gasteiger partial charge in [-0.25, -0.2) is 0 Å². The van der Waals surface area contributed by atoms with E-state index in [9.17, 15) is 4.79 Å². The van der Waals surface area contributed by atoms with Crippen molar-refractivity contribution in [1.29, 1.82) is 0 Å². The quantitative estimate of drug-likeness (QED) is 0.819. The van der Waals surface area contributed by atoms with Gasteiger partial charge in [-0.15, -0.1) is 0 Å². The van der Waals surface area contributed by atoms with Gasteiger partial charge in [0.25, 0.3) is 5.91 Å². The average molecular weight is 364 g/mol. The van der Waals surface area contributed by atoms with Crippen molar-refractivity contribution in [3.63, 3.8) is 0 Å². The number of nitrogens with zero attached hydrogens (tertiary/aromatic N) is 2. The van der Waals surface area contributed by atoms with Gasteiger partial charge in [-0.05, 0) is 31.0 Å². The standard InChI is InChI=1S/C18H19Cl2N3O/c19-15-6-5-7-16(17(15)20)22-14-10-13(11-21-12-14)18(24)23-8-3-1-2-4-9-23/h5-7,10-12,22H,1-4,8-9H2. The molecule has 2 heterocycles. The fraction of sp³-hybridized carbons (Fsp3) is 0.333. The number of likely N-dealkylation sites (tertiary alicyclic amines) is 1. The second-order valence-corrected chi connectivity index (χ2v) is 6.68. The Bertz CT molecular complexity index is 728. The number of carbonyl (C=O) groups is 1. The summed E-state index contributed by atoms with van der Waals surface area (Å²) >= 11 is 12.2. The van der Waals surface area contributed by atoms with Crippen LogP contribution in [0.4, 0.5) is 11.4 Å². The van der Waals surface area contributed by atoms with E-state index in [0.717, 1.165) is 25.9 Å². The van der Waals surface area contributed by atoms with E-state index in [1.165, 1.54) is 12.8 Å². The summed E-state index contributed by atoms with van der Waals surface area (Å²) in [7, 11) is 0. The number of hydrogen-bond donors (Lipinski definition) is 1. The van der Waals surface area contributed by atoms with Crippen LogP contribution in [0.2, 0.25) is 10.0 Å². The Hall–Kier alpha value is -1.78. The maximum atomic E-state index is 12.7. The number of benzene rings is 1. The van der Waals surface area contributed by atoms with Crippen LogP contribution in [0.1, 0.15) is 36.0 Å². The summed E-state index contributed by atoms with van der Waals surface area (Å²) in [4.78, 5) is 18.8. The first-order valence-corrected chi connectivity index (χ1v) is 8.86. The van der Waals surface area contributed by atoms with Crippen molar-refractivity contribution in [3.05, 3.63) is 52.3 Å². The Labute approximate surface area is 151 Å². The molecule has 1 aromatic carbocycles. The van der Waals surface area contributed by atoms with Gasteiger partial charge in [-0.2, -0.15) is 0 Å². The van der Waals surface area contributed by atoms with Crippen molar-refractivity contribution in [2.45, 2.75) is 25.7 Å². The van der Waals surface area contributed by atoms with Crippen molar-refractivity contribution in [3.8, 4) is 0 Å². The molecule has 1 fully saturated rings. The second-order valence-electron chi connectivity index (χ2n) is 5.90. The zero-order chi connectivity index (χ0) is 16.9. The zero-order valence-electron chi connectivity index (χ0n) is 13.3. The summed E-state index contributed by atoms with van der Waals surface area (Å²) in [6.07, 6.45) is 7.78. The summed E-state index contributed by atoms with van der Waals surface area (Å²) in [6.45, 7) is 1.63. The third kappa shape index (κ3) is 4.00. The number of anilines is 2. The molecule has 0 radical (unpaired) electrons. The number of halogens is 2. The molecule has 2 aromatic rings. The topological polar surface area (TPSA) is 45.2 Å². The van der Waals surface area contributed by atoms with Crippen LogP contribution < -0.4 is 5.32 Å². The van der Waals surface area contributed by atoms with E-state index < -0.39 is 0 Å². The number of carbonyl (C=O) groups excluding carboxylic acids is 1. The number of rotatable bonds is 3. The molecule has 24 heavy (non-hydrogen) atoms. The highest BCUT2D eigenvalue weighted by Crippen LogP contribution is 2.31. The smallest absolute Gasteiger partial charge is 0.255 e. The number of nitrogens with one attached hydrogen (secondary N) is 1. The Kier molecular flexibility index (Phi) is 5.59. The lowest BCUT2D eigenvalue weighted by Crippen LogP contribution is -2.31. The van der Waals surface area contributed by atoms with Crippen LogP contribution in [0.5, 0.6) is 0 Å². The van der Waals surface area contributed by atoms with Gasteiger partial charge >= 0.3 is 0 Å². The average Bonchev–Trinajstić information content (AvgIpc) is 2.88. The van der Waals surface area contributed by atoms with Crippen molar-refractivity contribution >= 4 is 40.5 Å². The highest BCUT2D eigenvalue weighted by molar-refractivity contribution is 6.43. The number of amides is 1. The fourth-order valence-electron chi connectivity index (χ4n) is 2.84. The maximum absolute atomic E-state index is 12.7. The van der Waals surface area contributed by atoms with Gasteiger partial charge in [0.15, 0.2) is 0 Å². The van der Waals surface area contributed by atoms with E-state index in [0.29, 0.717) is 27.0 Å². The monoisotopic (exact) mass is 363 g/mol. The molecule has 0 saturated carbocycles. The second kappa shape index (κ2) is 7.86. The van der Waals surface area contributed by atoms with Crippen LogP contribution in [0.15, 0.2) is 36.7 Å². The third-order valence-corrected chi connectivity index (χ3v) is 4.93. The molecular formula is C18H19Cl2N3O. The SMILES string of the molecule is O=C(c1cncc(Nc2cccc(Cl)c2Cl)c1)N1CCCCCC1.